The first-order chi connectivity index (χ1) is 8.97. The second kappa shape index (κ2) is 5.13. The molecule has 1 aliphatic rings. The van der Waals surface area contributed by atoms with Gasteiger partial charge < -0.3 is 15.7 Å². The highest BCUT2D eigenvalue weighted by molar-refractivity contribution is 5.94. The lowest BCUT2D eigenvalue weighted by Gasteiger charge is -2.30. The lowest BCUT2D eigenvalue weighted by molar-refractivity contribution is -0.123. The Hall–Kier alpha value is -2.31. The van der Waals surface area contributed by atoms with Gasteiger partial charge in [-0.05, 0) is 12.8 Å². The summed E-state index contributed by atoms with van der Waals surface area (Å²) in [7, 11) is 0. The Morgan fingerprint density at radius 3 is 2.47 bits per heavy atom. The van der Waals surface area contributed by atoms with Crippen LogP contribution in [0.4, 0.5) is 0 Å². The van der Waals surface area contributed by atoms with E-state index >= 15 is 0 Å². The van der Waals surface area contributed by atoms with Crippen LogP contribution in [0.25, 0.3) is 0 Å². The van der Waals surface area contributed by atoms with Crippen LogP contribution in [0, 0.1) is 5.92 Å². The summed E-state index contributed by atoms with van der Waals surface area (Å²) in [6.45, 7) is 0.833. The monoisotopic (exact) mass is 265 g/mol. The summed E-state index contributed by atoms with van der Waals surface area (Å²) in [5.41, 5.74) is 4.82. The zero-order valence-electron chi connectivity index (χ0n) is 10.3. The van der Waals surface area contributed by atoms with Gasteiger partial charge in [0, 0.05) is 31.1 Å². The van der Waals surface area contributed by atoms with Crippen LogP contribution < -0.4 is 11.3 Å². The maximum Gasteiger partial charge on any atom is 0.254 e. The number of amides is 2. The molecule has 102 valence electrons. The Bertz CT molecular complexity index is 558. The van der Waals surface area contributed by atoms with E-state index in [0.717, 1.165) is 6.07 Å². The van der Waals surface area contributed by atoms with E-state index in [1.54, 1.807) is 4.90 Å². The molecule has 0 saturated carbocycles. The number of nitrogens with zero attached hydrogens (tertiary/aromatic N) is 1. The molecule has 4 N–H and O–H groups in total. The fraction of sp³-hybridized carbons (Fsp3) is 0.417. The molecule has 1 aromatic heterocycles. The number of primary amides is 1. The molecule has 0 aliphatic carbocycles. The van der Waals surface area contributed by atoms with Crippen LogP contribution in [-0.4, -0.2) is 39.9 Å². The van der Waals surface area contributed by atoms with Crippen LogP contribution in [0.5, 0.6) is 5.88 Å². The van der Waals surface area contributed by atoms with Crippen molar-refractivity contribution in [3.8, 4) is 5.88 Å². The van der Waals surface area contributed by atoms with Gasteiger partial charge >= 0.3 is 0 Å². The standard InChI is InChI=1S/C12H15N3O4/c13-11(18)7-1-3-15(4-2-7)12(19)8-5-9(16)14-10(17)6-8/h5-7H,1-4H2,(H2,13,18)(H2,14,16,17). The first-order valence-corrected chi connectivity index (χ1v) is 5.99. The molecule has 0 aromatic carbocycles. The van der Waals surface area contributed by atoms with E-state index in [-0.39, 0.29) is 29.2 Å². The van der Waals surface area contributed by atoms with Gasteiger partial charge in [-0.15, -0.1) is 0 Å². The topological polar surface area (TPSA) is 116 Å². The molecule has 0 unspecified atom stereocenters. The van der Waals surface area contributed by atoms with Crippen molar-refractivity contribution in [2.24, 2.45) is 11.7 Å². The van der Waals surface area contributed by atoms with Gasteiger partial charge in [-0.2, -0.15) is 0 Å². The average molecular weight is 265 g/mol. The lowest BCUT2D eigenvalue weighted by atomic mass is 9.96. The second-order valence-electron chi connectivity index (χ2n) is 4.59. The van der Waals surface area contributed by atoms with Gasteiger partial charge in [-0.1, -0.05) is 0 Å². The van der Waals surface area contributed by atoms with Crippen molar-refractivity contribution < 1.29 is 14.7 Å². The number of piperidine rings is 1. The maximum absolute atomic E-state index is 12.1. The third-order valence-corrected chi connectivity index (χ3v) is 3.26. The van der Waals surface area contributed by atoms with Gasteiger partial charge in [0.1, 0.15) is 0 Å². The number of hydrogen-bond acceptors (Lipinski definition) is 4. The van der Waals surface area contributed by atoms with E-state index in [1.807, 2.05) is 0 Å². The first-order valence-electron chi connectivity index (χ1n) is 5.99. The van der Waals surface area contributed by atoms with Crippen LogP contribution in [0.1, 0.15) is 23.2 Å². The number of aromatic amines is 1. The van der Waals surface area contributed by atoms with Crippen LogP contribution >= 0.6 is 0 Å². The summed E-state index contributed by atoms with van der Waals surface area (Å²) in [5, 5.41) is 9.27. The minimum absolute atomic E-state index is 0.138. The molecule has 19 heavy (non-hydrogen) atoms. The van der Waals surface area contributed by atoms with E-state index in [0.29, 0.717) is 25.9 Å². The van der Waals surface area contributed by atoms with Crippen molar-refractivity contribution in [1.82, 2.24) is 9.88 Å². The number of rotatable bonds is 2. The molecule has 2 heterocycles. The lowest BCUT2D eigenvalue weighted by Crippen LogP contribution is -2.41. The van der Waals surface area contributed by atoms with Crippen molar-refractivity contribution in [3.05, 3.63) is 28.0 Å². The van der Waals surface area contributed by atoms with E-state index in [4.69, 9.17) is 5.73 Å². The Balaban J connectivity index is 2.09. The molecule has 0 spiro atoms. The van der Waals surface area contributed by atoms with Gasteiger partial charge in [0.15, 0.2) is 5.88 Å². The third kappa shape index (κ3) is 2.93. The SMILES string of the molecule is NC(=O)C1CCN(C(=O)c2cc(O)[nH]c(=O)c2)CC1. The van der Waals surface area contributed by atoms with Gasteiger partial charge in [-0.3, -0.25) is 19.4 Å². The molecule has 1 saturated heterocycles. The largest absolute Gasteiger partial charge is 0.494 e. The summed E-state index contributed by atoms with van der Waals surface area (Å²) in [5.74, 6) is -1.22. The molecule has 0 bridgehead atoms. The van der Waals surface area contributed by atoms with Crippen molar-refractivity contribution >= 4 is 11.8 Å². The first kappa shape index (κ1) is 13.1. The number of aromatic nitrogens is 1. The number of hydrogen-bond donors (Lipinski definition) is 3. The van der Waals surface area contributed by atoms with Crippen molar-refractivity contribution in [3.63, 3.8) is 0 Å². The van der Waals surface area contributed by atoms with E-state index < -0.39 is 5.56 Å². The third-order valence-electron chi connectivity index (χ3n) is 3.26. The van der Waals surface area contributed by atoms with Gasteiger partial charge in [-0.25, -0.2) is 0 Å². The van der Waals surface area contributed by atoms with Crippen LogP contribution in [0.15, 0.2) is 16.9 Å². The quantitative estimate of drug-likeness (QED) is 0.663. The van der Waals surface area contributed by atoms with Gasteiger partial charge in [0.2, 0.25) is 5.91 Å². The second-order valence-corrected chi connectivity index (χ2v) is 4.59. The molecule has 2 amide bonds. The highest BCUT2D eigenvalue weighted by Crippen LogP contribution is 2.18. The van der Waals surface area contributed by atoms with Crippen LogP contribution in [-0.2, 0) is 4.79 Å². The minimum Gasteiger partial charge on any atom is -0.494 e. The molecule has 7 nitrogen and oxygen atoms in total. The summed E-state index contributed by atoms with van der Waals surface area (Å²) < 4.78 is 0. The summed E-state index contributed by atoms with van der Waals surface area (Å²) in [4.78, 5) is 38.1. The predicted molar refractivity (Wildman–Crippen MR) is 66.5 cm³/mol. The van der Waals surface area contributed by atoms with E-state index in [9.17, 15) is 19.5 Å². The Labute approximate surface area is 109 Å². The Morgan fingerprint density at radius 1 is 1.32 bits per heavy atom. The van der Waals surface area contributed by atoms with Crippen molar-refractivity contribution in [2.45, 2.75) is 12.8 Å². The van der Waals surface area contributed by atoms with Crippen LogP contribution in [0.3, 0.4) is 0 Å². The number of pyridine rings is 1. The average Bonchev–Trinajstić information content (AvgIpc) is 2.37. The molecule has 1 fully saturated rings. The molecule has 2 rings (SSSR count). The summed E-state index contributed by atoms with van der Waals surface area (Å²) in [6.07, 6.45) is 1.05. The number of likely N-dealkylation sites (tertiary alicyclic amines) is 1. The summed E-state index contributed by atoms with van der Waals surface area (Å²) >= 11 is 0. The number of aromatic hydroxyl groups is 1. The highest BCUT2D eigenvalue weighted by atomic mass is 16.3. The maximum atomic E-state index is 12.1. The molecule has 1 aliphatic heterocycles. The number of nitrogens with two attached hydrogens (primary N) is 1. The fourth-order valence-corrected chi connectivity index (χ4v) is 2.20. The van der Waals surface area contributed by atoms with Gasteiger partial charge in [0.05, 0.1) is 5.56 Å². The molecule has 0 radical (unpaired) electrons. The zero-order valence-corrected chi connectivity index (χ0v) is 10.3. The molecule has 0 atom stereocenters. The molecular formula is C12H15N3O4. The normalized spacial score (nSPS) is 16.3. The van der Waals surface area contributed by atoms with Crippen molar-refractivity contribution in [1.29, 1.82) is 0 Å². The summed E-state index contributed by atoms with van der Waals surface area (Å²) in [6, 6.07) is 2.35. The van der Waals surface area contributed by atoms with Crippen LogP contribution in [0.2, 0.25) is 0 Å². The molecule has 7 heteroatoms. The smallest absolute Gasteiger partial charge is 0.254 e. The van der Waals surface area contributed by atoms with Gasteiger partial charge in [0.25, 0.3) is 11.5 Å². The highest BCUT2D eigenvalue weighted by Gasteiger charge is 2.26. The predicted octanol–water partition coefficient (Wildman–Crippen LogP) is -0.582. The Kier molecular flexibility index (Phi) is 3.55. The minimum atomic E-state index is -0.532. The molecular weight excluding hydrogens is 250 g/mol. The number of nitrogens with one attached hydrogen (secondary N) is 1. The Morgan fingerprint density at radius 2 is 1.95 bits per heavy atom. The zero-order chi connectivity index (χ0) is 14.0. The number of carbonyl (C=O) groups is 2. The van der Waals surface area contributed by atoms with E-state index in [1.165, 1.54) is 6.07 Å². The van der Waals surface area contributed by atoms with E-state index in [2.05, 4.69) is 4.98 Å². The number of H-pyrrole nitrogens is 1. The molecule has 1 aromatic rings. The van der Waals surface area contributed by atoms with Crippen molar-refractivity contribution in [2.75, 3.05) is 13.1 Å². The number of carbonyl (C=O) groups excluding carboxylic acids is 2. The fourth-order valence-electron chi connectivity index (χ4n) is 2.20.